The quantitative estimate of drug-likeness (QED) is 0.591. The smallest absolute Gasteiger partial charge is 0.411 e. The number of ether oxygens (including phenoxy) is 2. The number of esters is 1. The number of hydrogen-bond acceptors (Lipinski definition) is 4. The highest BCUT2D eigenvalue weighted by atomic mass is 19.2. The Morgan fingerprint density at radius 2 is 1.73 bits per heavy atom. The van der Waals surface area contributed by atoms with E-state index in [-0.39, 0.29) is 25.0 Å². The van der Waals surface area contributed by atoms with Gasteiger partial charge in [0.25, 0.3) is 0 Å². The molecule has 0 saturated carbocycles. The van der Waals surface area contributed by atoms with Crippen LogP contribution in [0.5, 0.6) is 0 Å². The summed E-state index contributed by atoms with van der Waals surface area (Å²) in [4.78, 5) is 26.0. The summed E-state index contributed by atoms with van der Waals surface area (Å²) in [5.74, 6) is -4.92. The number of nitrogens with zero attached hydrogens (tertiary/aromatic N) is 1. The Morgan fingerprint density at radius 3 is 2.23 bits per heavy atom. The van der Waals surface area contributed by atoms with E-state index >= 15 is 0 Å². The van der Waals surface area contributed by atoms with E-state index in [0.717, 1.165) is 17.0 Å². The Balaban J connectivity index is 2.40. The van der Waals surface area contributed by atoms with E-state index in [9.17, 15) is 22.8 Å². The maximum Gasteiger partial charge on any atom is 0.411 e. The first-order chi connectivity index (χ1) is 12.0. The molecule has 1 heterocycles. The normalized spacial score (nSPS) is 20.2. The molecule has 1 aliphatic rings. The average Bonchev–Trinajstić information content (AvgIpc) is 2.96. The molecule has 2 atom stereocenters. The lowest BCUT2D eigenvalue weighted by molar-refractivity contribution is -0.148. The predicted molar refractivity (Wildman–Crippen MR) is 86.8 cm³/mol. The Bertz CT molecular complexity index is 679. The molecule has 1 aliphatic heterocycles. The van der Waals surface area contributed by atoms with Crippen LogP contribution < -0.4 is 0 Å². The number of halogens is 3. The highest BCUT2D eigenvalue weighted by Crippen LogP contribution is 2.38. The first-order valence-electron chi connectivity index (χ1n) is 8.37. The fraction of sp³-hybridized carbons (Fsp3) is 0.556. The van der Waals surface area contributed by atoms with Crippen molar-refractivity contribution in [1.29, 1.82) is 0 Å². The minimum Gasteiger partial charge on any atom is -0.464 e. The van der Waals surface area contributed by atoms with Gasteiger partial charge in [0, 0.05) is 0 Å². The van der Waals surface area contributed by atoms with Gasteiger partial charge < -0.3 is 9.47 Å². The van der Waals surface area contributed by atoms with Gasteiger partial charge in [0.05, 0.1) is 12.6 Å². The Hall–Kier alpha value is -2.25. The maximum atomic E-state index is 13.6. The van der Waals surface area contributed by atoms with Crippen LogP contribution in [0.1, 0.15) is 52.1 Å². The number of amides is 1. The zero-order valence-electron chi connectivity index (χ0n) is 15.1. The summed E-state index contributed by atoms with van der Waals surface area (Å²) >= 11 is 0. The van der Waals surface area contributed by atoms with Gasteiger partial charge in [-0.1, -0.05) is 0 Å². The number of benzene rings is 1. The van der Waals surface area contributed by atoms with E-state index in [0.29, 0.717) is 0 Å². The lowest BCUT2D eigenvalue weighted by Crippen LogP contribution is -2.45. The summed E-state index contributed by atoms with van der Waals surface area (Å²) in [5, 5.41) is 0. The molecule has 144 valence electrons. The van der Waals surface area contributed by atoms with Crippen LogP contribution in [0.2, 0.25) is 0 Å². The zero-order valence-corrected chi connectivity index (χ0v) is 15.1. The minimum absolute atomic E-state index is 0.0547. The Labute approximate surface area is 150 Å². The van der Waals surface area contributed by atoms with Gasteiger partial charge in [-0.2, -0.15) is 0 Å². The summed E-state index contributed by atoms with van der Waals surface area (Å²) in [5.41, 5.74) is -0.776. The molecule has 5 nitrogen and oxygen atoms in total. The lowest BCUT2D eigenvalue weighted by Gasteiger charge is -2.32. The average molecular weight is 373 g/mol. The van der Waals surface area contributed by atoms with Crippen molar-refractivity contribution in [1.82, 2.24) is 4.90 Å². The molecule has 2 rings (SSSR count). The van der Waals surface area contributed by atoms with Crippen LogP contribution in [0.4, 0.5) is 18.0 Å². The number of hydrogen-bond donors (Lipinski definition) is 0. The van der Waals surface area contributed by atoms with Crippen molar-refractivity contribution in [2.24, 2.45) is 0 Å². The van der Waals surface area contributed by atoms with Crippen molar-refractivity contribution in [2.45, 2.75) is 58.2 Å². The Morgan fingerprint density at radius 1 is 1.15 bits per heavy atom. The van der Waals surface area contributed by atoms with E-state index in [2.05, 4.69) is 0 Å². The van der Waals surface area contributed by atoms with Gasteiger partial charge >= 0.3 is 12.1 Å². The van der Waals surface area contributed by atoms with Crippen molar-refractivity contribution in [2.75, 3.05) is 6.61 Å². The molecule has 1 fully saturated rings. The van der Waals surface area contributed by atoms with Gasteiger partial charge in [0.1, 0.15) is 11.6 Å². The van der Waals surface area contributed by atoms with Crippen molar-refractivity contribution in [3.63, 3.8) is 0 Å². The fourth-order valence-electron chi connectivity index (χ4n) is 2.94. The standard InChI is InChI=1S/C18H22F3NO4/c1-5-25-16(23)14-7-6-13(22(14)17(24)26-18(2,3)4)10-8-11(19)15(21)12(20)9-10/h8-9,13-14H,5-7H2,1-4H3. The number of carbonyl (C=O) groups is 2. The molecular weight excluding hydrogens is 351 g/mol. The largest absolute Gasteiger partial charge is 0.464 e. The summed E-state index contributed by atoms with van der Waals surface area (Å²) in [6.45, 7) is 6.74. The molecule has 1 amide bonds. The number of carbonyl (C=O) groups excluding carboxylic acids is 2. The van der Waals surface area contributed by atoms with E-state index in [4.69, 9.17) is 9.47 Å². The van der Waals surface area contributed by atoms with Crippen LogP contribution in [0.3, 0.4) is 0 Å². The third-order valence-corrected chi connectivity index (χ3v) is 3.94. The first kappa shape index (κ1) is 20.1. The van der Waals surface area contributed by atoms with Crippen LogP contribution in [0.25, 0.3) is 0 Å². The number of rotatable bonds is 3. The summed E-state index contributed by atoms with van der Waals surface area (Å²) in [6.07, 6.45) is -0.306. The van der Waals surface area contributed by atoms with Crippen LogP contribution in [-0.4, -0.2) is 35.2 Å². The topological polar surface area (TPSA) is 55.8 Å². The van der Waals surface area contributed by atoms with E-state index < -0.39 is 47.2 Å². The number of likely N-dealkylation sites (tertiary alicyclic amines) is 1. The van der Waals surface area contributed by atoms with E-state index in [1.54, 1.807) is 27.7 Å². The molecule has 0 N–H and O–H groups in total. The van der Waals surface area contributed by atoms with Crippen LogP contribution in [-0.2, 0) is 14.3 Å². The summed E-state index contributed by atoms with van der Waals surface area (Å²) < 4.78 is 50.8. The lowest BCUT2D eigenvalue weighted by atomic mass is 10.0. The Kier molecular flexibility index (Phi) is 5.83. The SMILES string of the molecule is CCOC(=O)C1CCC(c2cc(F)c(F)c(F)c2)N1C(=O)OC(C)(C)C. The molecule has 1 saturated heterocycles. The summed E-state index contributed by atoms with van der Waals surface area (Å²) in [7, 11) is 0. The van der Waals surface area contributed by atoms with Crippen molar-refractivity contribution in [3.8, 4) is 0 Å². The molecule has 26 heavy (non-hydrogen) atoms. The van der Waals surface area contributed by atoms with Gasteiger partial charge in [-0.15, -0.1) is 0 Å². The molecule has 0 aromatic heterocycles. The monoisotopic (exact) mass is 373 g/mol. The maximum absolute atomic E-state index is 13.6. The first-order valence-corrected chi connectivity index (χ1v) is 8.37. The van der Waals surface area contributed by atoms with Gasteiger partial charge in [-0.05, 0) is 58.2 Å². The second kappa shape index (κ2) is 7.55. The molecule has 1 aromatic carbocycles. The summed E-state index contributed by atoms with van der Waals surface area (Å²) in [6, 6.07) is -0.114. The van der Waals surface area contributed by atoms with E-state index in [1.165, 1.54) is 0 Å². The van der Waals surface area contributed by atoms with Gasteiger partial charge in [0.2, 0.25) is 0 Å². The van der Waals surface area contributed by atoms with Gasteiger partial charge in [-0.25, -0.2) is 22.8 Å². The van der Waals surface area contributed by atoms with E-state index in [1.807, 2.05) is 0 Å². The van der Waals surface area contributed by atoms with Gasteiger partial charge in [-0.3, -0.25) is 4.90 Å². The molecule has 0 spiro atoms. The highest BCUT2D eigenvalue weighted by molar-refractivity contribution is 5.82. The third-order valence-electron chi connectivity index (χ3n) is 3.94. The van der Waals surface area contributed by atoms with Crippen LogP contribution in [0, 0.1) is 17.5 Å². The molecule has 0 bridgehead atoms. The van der Waals surface area contributed by atoms with Crippen LogP contribution >= 0.6 is 0 Å². The van der Waals surface area contributed by atoms with Crippen molar-refractivity contribution >= 4 is 12.1 Å². The second-order valence-electron chi connectivity index (χ2n) is 7.05. The predicted octanol–water partition coefficient (Wildman–Crippen LogP) is 4.11. The minimum atomic E-state index is -1.59. The molecule has 1 aromatic rings. The van der Waals surface area contributed by atoms with Crippen molar-refractivity contribution < 1.29 is 32.2 Å². The van der Waals surface area contributed by atoms with Crippen molar-refractivity contribution in [3.05, 3.63) is 35.1 Å². The second-order valence-corrected chi connectivity index (χ2v) is 7.05. The fourth-order valence-corrected chi connectivity index (χ4v) is 2.94. The van der Waals surface area contributed by atoms with Gasteiger partial charge in [0.15, 0.2) is 17.5 Å². The third kappa shape index (κ3) is 4.28. The molecule has 8 heteroatoms. The molecular formula is C18H22F3NO4. The molecule has 2 unspecified atom stereocenters. The molecule has 0 radical (unpaired) electrons. The highest BCUT2D eigenvalue weighted by Gasteiger charge is 2.44. The molecule has 0 aliphatic carbocycles. The zero-order chi connectivity index (χ0) is 19.6. The van der Waals surface area contributed by atoms with Crippen LogP contribution in [0.15, 0.2) is 12.1 Å².